The molecule has 0 saturated carbocycles. The standard InChI is InChI=1S/C5Cl4F6O/c6-1(16)2(10,11)3(7,12)4(13,14)5(8,9)15. The summed E-state index contributed by atoms with van der Waals surface area (Å²) in [6.07, 6.45) is 0. The molecule has 0 spiro atoms. The molecule has 0 bridgehead atoms. The van der Waals surface area contributed by atoms with Crippen LogP contribution in [0.2, 0.25) is 0 Å². The van der Waals surface area contributed by atoms with E-state index in [0.717, 1.165) is 0 Å². The maximum absolute atomic E-state index is 12.9. The van der Waals surface area contributed by atoms with Gasteiger partial charge in [0.1, 0.15) is 0 Å². The summed E-state index contributed by atoms with van der Waals surface area (Å²) in [5, 5.41) is -8.38. The molecule has 0 rings (SSSR count). The zero-order valence-electron chi connectivity index (χ0n) is 6.69. The van der Waals surface area contributed by atoms with Crippen molar-refractivity contribution in [2.24, 2.45) is 0 Å². The van der Waals surface area contributed by atoms with Gasteiger partial charge >= 0.3 is 21.6 Å². The van der Waals surface area contributed by atoms with Gasteiger partial charge in [0.05, 0.1) is 0 Å². The molecule has 0 aliphatic heterocycles. The van der Waals surface area contributed by atoms with Gasteiger partial charge in [0.25, 0.3) is 5.24 Å². The van der Waals surface area contributed by atoms with Crippen molar-refractivity contribution in [3.63, 3.8) is 0 Å². The molecule has 16 heavy (non-hydrogen) atoms. The van der Waals surface area contributed by atoms with Crippen molar-refractivity contribution in [2.45, 2.75) is 21.6 Å². The van der Waals surface area contributed by atoms with Crippen molar-refractivity contribution in [2.75, 3.05) is 0 Å². The Morgan fingerprint density at radius 3 is 1.38 bits per heavy atom. The van der Waals surface area contributed by atoms with Gasteiger partial charge in [-0.05, 0) is 11.6 Å². The topological polar surface area (TPSA) is 17.1 Å². The van der Waals surface area contributed by atoms with Gasteiger partial charge in [0.15, 0.2) is 0 Å². The lowest BCUT2D eigenvalue weighted by Gasteiger charge is -2.34. The highest BCUT2D eigenvalue weighted by Crippen LogP contribution is 2.56. The zero-order chi connectivity index (χ0) is 13.6. The lowest BCUT2D eigenvalue weighted by atomic mass is 10.1. The van der Waals surface area contributed by atoms with Crippen LogP contribution >= 0.6 is 46.4 Å². The third kappa shape index (κ3) is 2.32. The summed E-state index contributed by atoms with van der Waals surface area (Å²) in [4.78, 5) is 10.0. The summed E-state index contributed by atoms with van der Waals surface area (Å²) in [5.41, 5.74) is 0. The maximum atomic E-state index is 12.9. The van der Waals surface area contributed by atoms with Crippen LogP contribution in [-0.4, -0.2) is 26.8 Å². The molecule has 96 valence electrons. The van der Waals surface area contributed by atoms with Crippen LogP contribution in [0.25, 0.3) is 0 Å². The Bertz CT molecular complexity index is 298. The second kappa shape index (κ2) is 4.26. The average molecular weight is 332 g/mol. The Morgan fingerprint density at radius 1 is 0.875 bits per heavy atom. The third-order valence-corrected chi connectivity index (χ3v) is 2.58. The fourth-order valence-electron chi connectivity index (χ4n) is 0.499. The highest BCUT2D eigenvalue weighted by atomic mass is 35.5. The van der Waals surface area contributed by atoms with Crippen LogP contribution in [0.4, 0.5) is 26.3 Å². The fraction of sp³-hybridized carbons (Fsp3) is 0.800. The Hall–Kier alpha value is 0.410. The molecule has 1 nitrogen and oxygen atoms in total. The summed E-state index contributed by atoms with van der Waals surface area (Å²) >= 11 is 16.6. The van der Waals surface area contributed by atoms with E-state index in [9.17, 15) is 31.1 Å². The lowest BCUT2D eigenvalue weighted by molar-refractivity contribution is -0.217. The van der Waals surface area contributed by atoms with E-state index >= 15 is 0 Å². The van der Waals surface area contributed by atoms with Crippen LogP contribution in [0, 0.1) is 0 Å². The summed E-state index contributed by atoms with van der Waals surface area (Å²) in [6, 6.07) is 0. The van der Waals surface area contributed by atoms with Crippen LogP contribution in [0.3, 0.4) is 0 Å². The SMILES string of the molecule is O=C(Cl)C(F)(F)C(F)(Cl)C(F)(F)C(F)(Cl)Cl. The first-order valence-electron chi connectivity index (χ1n) is 3.09. The Labute approximate surface area is 105 Å². The Kier molecular flexibility index (Phi) is 4.37. The van der Waals surface area contributed by atoms with Crippen LogP contribution in [0.5, 0.6) is 0 Å². The first-order chi connectivity index (χ1) is 6.69. The molecule has 0 aromatic carbocycles. The molecule has 0 saturated heterocycles. The van der Waals surface area contributed by atoms with Crippen LogP contribution in [0.15, 0.2) is 0 Å². The third-order valence-electron chi connectivity index (χ3n) is 1.39. The first kappa shape index (κ1) is 16.4. The Morgan fingerprint density at radius 2 is 1.19 bits per heavy atom. The summed E-state index contributed by atoms with van der Waals surface area (Å²) < 4.78 is 71.3. The van der Waals surface area contributed by atoms with Gasteiger partial charge in [-0.3, -0.25) is 4.79 Å². The molecule has 1 unspecified atom stereocenters. The van der Waals surface area contributed by atoms with E-state index in [1.54, 1.807) is 0 Å². The molecule has 0 aliphatic carbocycles. The van der Waals surface area contributed by atoms with E-state index in [1.807, 2.05) is 0 Å². The van der Waals surface area contributed by atoms with Crippen molar-refractivity contribution >= 4 is 51.6 Å². The van der Waals surface area contributed by atoms with Crippen LogP contribution in [-0.2, 0) is 4.79 Å². The van der Waals surface area contributed by atoms with E-state index in [4.69, 9.17) is 0 Å². The van der Waals surface area contributed by atoms with Crippen molar-refractivity contribution < 1.29 is 31.1 Å². The van der Waals surface area contributed by atoms with Gasteiger partial charge in [0, 0.05) is 0 Å². The fourth-order valence-corrected chi connectivity index (χ4v) is 1.25. The summed E-state index contributed by atoms with van der Waals surface area (Å²) in [6.45, 7) is 0. The maximum Gasteiger partial charge on any atom is 0.373 e. The van der Waals surface area contributed by atoms with Gasteiger partial charge < -0.3 is 0 Å². The van der Waals surface area contributed by atoms with Crippen molar-refractivity contribution in [1.82, 2.24) is 0 Å². The molecule has 0 amide bonds. The molecule has 0 aromatic heterocycles. The molecule has 0 radical (unpaired) electrons. The van der Waals surface area contributed by atoms with Gasteiger partial charge in [-0.1, -0.05) is 34.8 Å². The molecule has 11 heteroatoms. The number of hydrogen-bond donors (Lipinski definition) is 0. The lowest BCUT2D eigenvalue weighted by Crippen LogP contribution is -2.61. The molecule has 0 aliphatic rings. The number of halogens is 10. The predicted molar refractivity (Wildman–Crippen MR) is 46.0 cm³/mol. The number of alkyl halides is 9. The van der Waals surface area contributed by atoms with Crippen molar-refractivity contribution in [3.05, 3.63) is 0 Å². The number of carbonyl (C=O) groups excluding carboxylic acids is 1. The normalized spacial score (nSPS) is 18.1. The average Bonchev–Trinajstić information content (AvgIpc) is 2.00. The first-order valence-corrected chi connectivity index (χ1v) is 4.61. The summed E-state index contributed by atoms with van der Waals surface area (Å²) in [5.74, 6) is -11.4. The molecular weight excluding hydrogens is 332 g/mol. The largest absolute Gasteiger partial charge is 0.373 e. The van der Waals surface area contributed by atoms with E-state index in [0.29, 0.717) is 0 Å². The smallest absolute Gasteiger partial charge is 0.274 e. The number of rotatable bonds is 4. The number of carbonyl (C=O) groups is 1. The minimum atomic E-state index is -5.79. The monoisotopic (exact) mass is 330 g/mol. The van der Waals surface area contributed by atoms with E-state index in [-0.39, 0.29) is 0 Å². The van der Waals surface area contributed by atoms with Gasteiger partial charge in [-0.25, -0.2) is 8.78 Å². The molecular formula is C5Cl4F6O. The number of hydrogen-bond acceptors (Lipinski definition) is 1. The molecule has 0 N–H and O–H groups in total. The molecule has 1 atom stereocenters. The quantitative estimate of drug-likeness (QED) is 0.432. The van der Waals surface area contributed by atoms with E-state index in [2.05, 4.69) is 46.4 Å². The second-order valence-corrected chi connectivity index (χ2v) is 4.59. The van der Waals surface area contributed by atoms with Crippen molar-refractivity contribution in [3.8, 4) is 0 Å². The Balaban J connectivity index is 5.62. The summed E-state index contributed by atoms with van der Waals surface area (Å²) in [7, 11) is 0. The highest BCUT2D eigenvalue weighted by Gasteiger charge is 2.79. The van der Waals surface area contributed by atoms with Gasteiger partial charge in [-0.2, -0.15) is 17.6 Å². The molecule has 0 fully saturated rings. The molecule has 0 aromatic rings. The van der Waals surface area contributed by atoms with Gasteiger partial charge in [0.2, 0.25) is 0 Å². The van der Waals surface area contributed by atoms with E-state index in [1.165, 1.54) is 0 Å². The zero-order valence-corrected chi connectivity index (χ0v) is 9.71. The van der Waals surface area contributed by atoms with Crippen molar-refractivity contribution in [1.29, 1.82) is 0 Å². The van der Waals surface area contributed by atoms with Crippen LogP contribution in [0.1, 0.15) is 0 Å². The second-order valence-electron chi connectivity index (χ2n) is 2.49. The van der Waals surface area contributed by atoms with Crippen LogP contribution < -0.4 is 0 Å². The minimum absolute atomic E-state index is 2.86. The van der Waals surface area contributed by atoms with E-state index < -0.39 is 26.8 Å². The molecule has 0 heterocycles. The van der Waals surface area contributed by atoms with Gasteiger partial charge in [-0.15, -0.1) is 0 Å². The highest BCUT2D eigenvalue weighted by molar-refractivity contribution is 6.66. The minimum Gasteiger partial charge on any atom is -0.274 e. The predicted octanol–water partition coefficient (Wildman–Crippen LogP) is 4.03.